The summed E-state index contributed by atoms with van der Waals surface area (Å²) in [7, 11) is 1.39. The lowest BCUT2D eigenvalue weighted by atomic mass is 9.90. The van der Waals surface area contributed by atoms with Gasteiger partial charge in [-0.15, -0.1) is 0 Å². The Morgan fingerprint density at radius 2 is 2.08 bits per heavy atom. The number of ether oxygens (including phenoxy) is 1. The Hall–Kier alpha value is -1.93. The van der Waals surface area contributed by atoms with E-state index in [0.29, 0.717) is 12.3 Å². The summed E-state index contributed by atoms with van der Waals surface area (Å²) in [6.07, 6.45) is 2.12. The second-order valence-corrected chi connectivity index (χ2v) is 6.78. The molecule has 1 amide bonds. The summed E-state index contributed by atoms with van der Waals surface area (Å²) in [6, 6.07) is 3.22. The zero-order chi connectivity index (χ0) is 18.8. The summed E-state index contributed by atoms with van der Waals surface area (Å²) in [4.78, 5) is 26.3. The summed E-state index contributed by atoms with van der Waals surface area (Å²) in [5, 5.41) is 0. The smallest absolute Gasteiger partial charge is 0.274 e. The summed E-state index contributed by atoms with van der Waals surface area (Å²) in [5.41, 5.74) is -0.178. The highest BCUT2D eigenvalue weighted by Gasteiger charge is 2.38. The number of amides is 1. The second-order valence-electron chi connectivity index (χ2n) is 6.33. The van der Waals surface area contributed by atoms with Gasteiger partial charge in [0.2, 0.25) is 5.91 Å². The topological polar surface area (TPSA) is 51.5 Å². The molecule has 140 valence electrons. The van der Waals surface area contributed by atoms with E-state index >= 15 is 0 Å². The Morgan fingerprint density at radius 3 is 2.73 bits per heavy atom. The number of anilines is 1. The predicted molar refractivity (Wildman–Crippen MR) is 97.8 cm³/mol. The third-order valence-corrected chi connectivity index (χ3v) is 4.93. The van der Waals surface area contributed by atoms with Gasteiger partial charge in [-0.3, -0.25) is 9.59 Å². The molecule has 0 bridgehead atoms. The summed E-state index contributed by atoms with van der Waals surface area (Å²) >= 11 is 4.11. The Labute approximate surface area is 155 Å². The van der Waals surface area contributed by atoms with E-state index < -0.39 is 23.7 Å². The van der Waals surface area contributed by atoms with E-state index in [-0.39, 0.29) is 42.1 Å². The Kier molecular flexibility index (Phi) is 5.62. The van der Waals surface area contributed by atoms with Gasteiger partial charge in [0.05, 0.1) is 6.10 Å². The number of methoxy groups -OCH3 is 1. The molecule has 2 heterocycles. The van der Waals surface area contributed by atoms with Gasteiger partial charge >= 0.3 is 0 Å². The fourth-order valence-electron chi connectivity index (χ4n) is 3.44. The van der Waals surface area contributed by atoms with Crippen LogP contribution in [-0.2, 0) is 16.1 Å². The molecule has 1 aliphatic carbocycles. The van der Waals surface area contributed by atoms with Gasteiger partial charge in [0, 0.05) is 56.5 Å². The highest BCUT2D eigenvalue weighted by atomic mass is 32.1. The predicted octanol–water partition coefficient (Wildman–Crippen LogP) is 2.63. The molecule has 2 aliphatic rings. The summed E-state index contributed by atoms with van der Waals surface area (Å²) in [6.45, 7) is 0.484. The second kappa shape index (κ2) is 7.75. The fourth-order valence-corrected chi connectivity index (χ4v) is 3.66. The molecule has 0 saturated carbocycles. The number of nitrogens with zero attached hydrogens (tertiary/aromatic N) is 2. The third-order valence-electron chi connectivity index (χ3n) is 4.73. The summed E-state index contributed by atoms with van der Waals surface area (Å²) < 4.78 is 35.2. The van der Waals surface area contributed by atoms with Crippen LogP contribution >= 0.6 is 12.6 Å². The molecule has 1 fully saturated rings. The number of pyridine rings is 1. The minimum absolute atomic E-state index is 0.0391. The molecule has 1 aliphatic heterocycles. The number of carbonyl (C=O) groups is 1. The van der Waals surface area contributed by atoms with Gasteiger partial charge in [-0.25, -0.2) is 8.78 Å². The van der Waals surface area contributed by atoms with Crippen LogP contribution in [-0.4, -0.2) is 36.0 Å². The van der Waals surface area contributed by atoms with Crippen LogP contribution in [0, 0.1) is 5.92 Å². The number of hydrogen-bond donors (Lipinski definition) is 1. The van der Waals surface area contributed by atoms with Crippen LogP contribution in [0.1, 0.15) is 12.8 Å². The van der Waals surface area contributed by atoms with Gasteiger partial charge < -0.3 is 14.2 Å². The molecule has 2 unspecified atom stereocenters. The molecule has 0 radical (unpaired) electrons. The van der Waals surface area contributed by atoms with Crippen LogP contribution in [0.2, 0.25) is 0 Å². The highest BCUT2D eigenvalue weighted by Crippen LogP contribution is 2.38. The maximum Gasteiger partial charge on any atom is 0.274 e. The minimum atomic E-state index is -0.694. The molecule has 26 heavy (non-hydrogen) atoms. The molecular weight excluding hydrogens is 362 g/mol. The van der Waals surface area contributed by atoms with Gasteiger partial charge in [-0.1, -0.05) is 0 Å². The van der Waals surface area contributed by atoms with Crippen molar-refractivity contribution in [2.24, 2.45) is 5.92 Å². The number of aromatic nitrogens is 1. The van der Waals surface area contributed by atoms with Crippen LogP contribution in [0.4, 0.5) is 14.5 Å². The monoisotopic (exact) mass is 382 g/mol. The first kappa shape index (κ1) is 18.8. The number of carbonyl (C=O) groups excluding carboxylic acids is 1. The maximum absolute atomic E-state index is 14.4. The van der Waals surface area contributed by atoms with Gasteiger partial charge in [-0.05, 0) is 18.2 Å². The van der Waals surface area contributed by atoms with Crippen molar-refractivity contribution in [2.75, 3.05) is 24.3 Å². The van der Waals surface area contributed by atoms with Crippen molar-refractivity contribution in [1.82, 2.24) is 4.57 Å². The quantitative estimate of drug-likeness (QED) is 0.797. The Balaban J connectivity index is 1.88. The van der Waals surface area contributed by atoms with Crippen molar-refractivity contribution in [3.8, 4) is 0 Å². The number of halogens is 2. The standard InChI is InChI=1S/C18H20F2N2O3S/c1-25-12-8-13(19)17(14(20)9-12)11-7-16(23)22(10-11)15-3-2-4-21(5-6-26)18(15)24/h2-4,8,11-12,26H,5-7,9-10H2,1H3. The largest absolute Gasteiger partial charge is 0.377 e. The molecular formula is C18H20F2N2O3S. The van der Waals surface area contributed by atoms with E-state index in [9.17, 15) is 18.4 Å². The van der Waals surface area contributed by atoms with E-state index in [0.717, 1.165) is 0 Å². The van der Waals surface area contributed by atoms with Crippen LogP contribution in [0.15, 0.2) is 46.4 Å². The zero-order valence-electron chi connectivity index (χ0n) is 14.3. The molecule has 2 atom stereocenters. The fraction of sp³-hybridized carbons (Fsp3) is 0.444. The molecule has 0 N–H and O–H groups in total. The molecule has 0 spiro atoms. The molecule has 1 aromatic heterocycles. The Bertz CT molecular complexity index is 834. The minimum Gasteiger partial charge on any atom is -0.377 e. The number of hydrogen-bond acceptors (Lipinski definition) is 4. The van der Waals surface area contributed by atoms with Crippen molar-refractivity contribution < 1.29 is 18.3 Å². The van der Waals surface area contributed by atoms with E-state index in [1.165, 1.54) is 22.7 Å². The van der Waals surface area contributed by atoms with Crippen LogP contribution < -0.4 is 10.5 Å². The third kappa shape index (κ3) is 3.48. The van der Waals surface area contributed by atoms with E-state index in [1.807, 2.05) is 0 Å². The van der Waals surface area contributed by atoms with Crippen molar-refractivity contribution in [2.45, 2.75) is 25.5 Å². The van der Waals surface area contributed by atoms with Gasteiger partial charge in [0.15, 0.2) is 0 Å². The normalized spacial score (nSPS) is 23.6. The zero-order valence-corrected chi connectivity index (χ0v) is 15.2. The van der Waals surface area contributed by atoms with E-state index in [2.05, 4.69) is 12.6 Å². The summed E-state index contributed by atoms with van der Waals surface area (Å²) in [5.74, 6) is -1.76. The molecule has 3 rings (SSSR count). The van der Waals surface area contributed by atoms with Gasteiger partial charge in [0.1, 0.15) is 17.3 Å². The van der Waals surface area contributed by atoms with Crippen molar-refractivity contribution in [1.29, 1.82) is 0 Å². The first-order valence-electron chi connectivity index (χ1n) is 8.36. The number of aryl methyl sites for hydroxylation is 1. The van der Waals surface area contributed by atoms with Gasteiger partial charge in [0.25, 0.3) is 5.56 Å². The average molecular weight is 382 g/mol. The average Bonchev–Trinajstić information content (AvgIpc) is 2.97. The van der Waals surface area contributed by atoms with Crippen molar-refractivity contribution in [3.05, 3.63) is 52.0 Å². The first-order chi connectivity index (χ1) is 12.5. The Morgan fingerprint density at radius 1 is 1.31 bits per heavy atom. The van der Waals surface area contributed by atoms with Crippen molar-refractivity contribution in [3.63, 3.8) is 0 Å². The lowest BCUT2D eigenvalue weighted by Gasteiger charge is -2.22. The number of allylic oxidation sites excluding steroid dienone is 1. The lowest BCUT2D eigenvalue weighted by Crippen LogP contribution is -2.33. The highest BCUT2D eigenvalue weighted by molar-refractivity contribution is 7.80. The molecule has 1 aromatic rings. The van der Waals surface area contributed by atoms with Gasteiger partial charge in [-0.2, -0.15) is 12.6 Å². The first-order valence-corrected chi connectivity index (χ1v) is 8.99. The molecule has 5 nitrogen and oxygen atoms in total. The van der Waals surface area contributed by atoms with E-state index in [1.54, 1.807) is 18.3 Å². The number of rotatable bonds is 5. The lowest BCUT2D eigenvalue weighted by molar-refractivity contribution is -0.117. The van der Waals surface area contributed by atoms with Crippen LogP contribution in [0.25, 0.3) is 0 Å². The van der Waals surface area contributed by atoms with Crippen LogP contribution in [0.3, 0.4) is 0 Å². The molecule has 8 heteroatoms. The molecule has 0 aromatic carbocycles. The van der Waals surface area contributed by atoms with E-state index in [4.69, 9.17) is 4.74 Å². The molecule has 1 saturated heterocycles. The SMILES string of the molecule is COC1C=C(F)C(C2CC(=O)N(c3cccn(CCS)c3=O)C2)=C(F)C1. The number of thiol groups is 1. The van der Waals surface area contributed by atoms with Crippen LogP contribution in [0.5, 0.6) is 0 Å². The van der Waals surface area contributed by atoms with Crippen molar-refractivity contribution >= 4 is 24.2 Å². The maximum atomic E-state index is 14.4.